The Labute approximate surface area is 176 Å². The van der Waals surface area contributed by atoms with Gasteiger partial charge < -0.3 is 20.7 Å². The van der Waals surface area contributed by atoms with E-state index in [1.165, 1.54) is 0 Å². The quantitative estimate of drug-likeness (QED) is 0.389. The molecule has 0 saturated heterocycles. The minimum absolute atomic E-state index is 0.236. The van der Waals surface area contributed by atoms with Crippen LogP contribution in [-0.2, 0) is 6.42 Å². The Balaban J connectivity index is 1.90. The van der Waals surface area contributed by atoms with E-state index < -0.39 is 0 Å². The monoisotopic (exact) mass is 405 g/mol. The van der Waals surface area contributed by atoms with Crippen LogP contribution in [0, 0.1) is 0 Å². The van der Waals surface area contributed by atoms with Gasteiger partial charge in [-0.25, -0.2) is 4.98 Å². The average Bonchev–Trinajstić information content (AvgIpc) is 2.76. The van der Waals surface area contributed by atoms with Gasteiger partial charge in [0.2, 0.25) is 5.88 Å². The van der Waals surface area contributed by atoms with E-state index in [4.69, 9.17) is 10.5 Å². The molecule has 7 heteroatoms. The summed E-state index contributed by atoms with van der Waals surface area (Å²) < 4.78 is 5.92. The van der Waals surface area contributed by atoms with Crippen LogP contribution in [0.25, 0.3) is 0 Å². The summed E-state index contributed by atoms with van der Waals surface area (Å²) in [6.07, 6.45) is 1.27. The second-order valence-electron chi connectivity index (χ2n) is 6.70. The second-order valence-corrected chi connectivity index (χ2v) is 6.70. The minimum Gasteiger partial charge on any atom is -0.437 e. The molecular weight excluding hydrogens is 378 g/mol. The predicted octanol–water partition coefficient (Wildman–Crippen LogP) is 4.82. The highest BCUT2D eigenvalue weighted by atomic mass is 16.5. The zero-order valence-electron chi connectivity index (χ0n) is 17.6. The molecule has 156 valence electrons. The lowest BCUT2D eigenvalue weighted by Crippen LogP contribution is -2.21. The van der Waals surface area contributed by atoms with E-state index in [0.29, 0.717) is 41.5 Å². The highest BCUT2D eigenvalue weighted by Crippen LogP contribution is 2.28. The summed E-state index contributed by atoms with van der Waals surface area (Å²) in [5, 5.41) is 3.19. The number of anilines is 4. The van der Waals surface area contributed by atoms with E-state index in [9.17, 15) is 4.79 Å². The van der Waals surface area contributed by atoms with Crippen molar-refractivity contribution in [1.29, 1.82) is 0 Å². The summed E-state index contributed by atoms with van der Waals surface area (Å²) in [6.45, 7) is 8.06. The number of benzene rings is 2. The number of aldehydes is 1. The van der Waals surface area contributed by atoms with Crippen molar-refractivity contribution in [3.63, 3.8) is 0 Å². The van der Waals surface area contributed by atoms with Crippen molar-refractivity contribution in [3.05, 3.63) is 59.9 Å². The number of nitrogens with one attached hydrogen (secondary N) is 1. The standard InChI is InChI=1S/C23H27N5O2/c1-4-20-23(30-19-9-7-8-16(24)14-19)27-22(21(15-29)26-20)25-17-10-12-18(13-11-17)28(5-2)6-3/h7-15H,4-6,24H2,1-3H3,(H,25,27). The van der Waals surface area contributed by atoms with Gasteiger partial charge in [-0.05, 0) is 56.7 Å². The number of aryl methyl sites for hydroxylation is 1. The van der Waals surface area contributed by atoms with Gasteiger partial charge in [0, 0.05) is 36.2 Å². The fraction of sp³-hybridized carbons (Fsp3) is 0.261. The molecule has 0 radical (unpaired) electrons. The number of carbonyl (C=O) groups excluding carboxylic acids is 1. The van der Waals surface area contributed by atoms with E-state index in [2.05, 4.69) is 34.0 Å². The lowest BCUT2D eigenvalue weighted by atomic mass is 10.2. The van der Waals surface area contributed by atoms with E-state index in [0.717, 1.165) is 24.5 Å². The van der Waals surface area contributed by atoms with Crippen LogP contribution in [0.5, 0.6) is 11.6 Å². The Morgan fingerprint density at radius 3 is 2.40 bits per heavy atom. The molecule has 0 aliphatic carbocycles. The Kier molecular flexibility index (Phi) is 6.85. The van der Waals surface area contributed by atoms with E-state index in [1.807, 2.05) is 31.2 Å². The topological polar surface area (TPSA) is 93.4 Å². The van der Waals surface area contributed by atoms with Crippen molar-refractivity contribution in [1.82, 2.24) is 9.97 Å². The largest absolute Gasteiger partial charge is 0.437 e. The van der Waals surface area contributed by atoms with Gasteiger partial charge in [-0.3, -0.25) is 4.79 Å². The normalized spacial score (nSPS) is 10.5. The molecule has 3 N–H and O–H groups in total. The van der Waals surface area contributed by atoms with Gasteiger partial charge in [-0.2, -0.15) is 4.98 Å². The average molecular weight is 406 g/mol. The summed E-state index contributed by atoms with van der Waals surface area (Å²) in [5.41, 5.74) is 9.21. The van der Waals surface area contributed by atoms with Crippen LogP contribution in [0.4, 0.5) is 22.9 Å². The first kappa shape index (κ1) is 21.1. The number of aromatic nitrogens is 2. The third-order valence-electron chi connectivity index (χ3n) is 4.74. The van der Waals surface area contributed by atoms with Crippen molar-refractivity contribution in [2.45, 2.75) is 27.2 Å². The van der Waals surface area contributed by atoms with Gasteiger partial charge in [0.1, 0.15) is 17.1 Å². The molecule has 0 atom stereocenters. The molecule has 0 bridgehead atoms. The molecule has 1 heterocycles. The van der Waals surface area contributed by atoms with Crippen LogP contribution in [0.2, 0.25) is 0 Å². The summed E-state index contributed by atoms with van der Waals surface area (Å²) in [6, 6.07) is 15.1. The molecule has 0 unspecified atom stereocenters. The van der Waals surface area contributed by atoms with Crippen LogP contribution in [0.3, 0.4) is 0 Å². The summed E-state index contributed by atoms with van der Waals surface area (Å²) in [5.74, 6) is 1.25. The lowest BCUT2D eigenvalue weighted by Gasteiger charge is -2.21. The Hall–Kier alpha value is -3.61. The third kappa shape index (κ3) is 4.86. The fourth-order valence-electron chi connectivity index (χ4n) is 3.13. The Morgan fingerprint density at radius 2 is 1.80 bits per heavy atom. The molecule has 3 aromatic rings. The molecular formula is C23H27N5O2. The zero-order valence-corrected chi connectivity index (χ0v) is 17.6. The number of nitrogens with two attached hydrogens (primary N) is 1. The van der Waals surface area contributed by atoms with E-state index in [-0.39, 0.29) is 5.69 Å². The molecule has 0 saturated carbocycles. The maximum atomic E-state index is 11.6. The minimum atomic E-state index is 0.236. The molecule has 0 aliphatic rings. The summed E-state index contributed by atoms with van der Waals surface area (Å²) in [4.78, 5) is 22.9. The number of hydrogen-bond acceptors (Lipinski definition) is 7. The molecule has 7 nitrogen and oxygen atoms in total. The van der Waals surface area contributed by atoms with Crippen molar-refractivity contribution in [3.8, 4) is 11.6 Å². The van der Waals surface area contributed by atoms with E-state index in [1.54, 1.807) is 24.3 Å². The number of hydrogen-bond donors (Lipinski definition) is 2. The Morgan fingerprint density at radius 1 is 1.07 bits per heavy atom. The highest BCUT2D eigenvalue weighted by Gasteiger charge is 2.15. The van der Waals surface area contributed by atoms with Crippen molar-refractivity contribution in [2.75, 3.05) is 29.0 Å². The third-order valence-corrected chi connectivity index (χ3v) is 4.74. The van der Waals surface area contributed by atoms with Crippen LogP contribution in [-0.4, -0.2) is 29.3 Å². The first-order valence-electron chi connectivity index (χ1n) is 10.1. The van der Waals surface area contributed by atoms with Gasteiger partial charge in [-0.15, -0.1) is 0 Å². The first-order valence-corrected chi connectivity index (χ1v) is 10.1. The molecule has 2 aromatic carbocycles. The SMILES string of the molecule is CCc1nc(C=O)c(Nc2ccc(N(CC)CC)cc2)nc1Oc1cccc(N)c1. The van der Waals surface area contributed by atoms with Gasteiger partial charge in [0.25, 0.3) is 0 Å². The number of rotatable bonds is 9. The van der Waals surface area contributed by atoms with Crippen molar-refractivity contribution < 1.29 is 9.53 Å². The summed E-state index contributed by atoms with van der Waals surface area (Å²) in [7, 11) is 0. The van der Waals surface area contributed by atoms with Gasteiger partial charge in [0.05, 0.1) is 0 Å². The lowest BCUT2D eigenvalue weighted by molar-refractivity contribution is 0.111. The smallest absolute Gasteiger partial charge is 0.243 e. The van der Waals surface area contributed by atoms with Crippen molar-refractivity contribution in [2.24, 2.45) is 0 Å². The molecule has 0 amide bonds. The first-order chi connectivity index (χ1) is 14.6. The number of nitrogens with zero attached hydrogens (tertiary/aromatic N) is 3. The zero-order chi connectivity index (χ0) is 21.5. The maximum absolute atomic E-state index is 11.6. The highest BCUT2D eigenvalue weighted by molar-refractivity contribution is 5.82. The number of ether oxygens (including phenoxy) is 1. The van der Waals surface area contributed by atoms with Crippen LogP contribution >= 0.6 is 0 Å². The molecule has 1 aromatic heterocycles. The molecule has 3 rings (SSSR count). The van der Waals surface area contributed by atoms with Crippen LogP contribution in [0.1, 0.15) is 37.0 Å². The van der Waals surface area contributed by atoms with Crippen molar-refractivity contribution >= 4 is 29.2 Å². The molecule has 0 fully saturated rings. The van der Waals surface area contributed by atoms with Gasteiger partial charge >= 0.3 is 0 Å². The van der Waals surface area contributed by atoms with Crippen LogP contribution < -0.4 is 20.7 Å². The summed E-state index contributed by atoms with van der Waals surface area (Å²) >= 11 is 0. The van der Waals surface area contributed by atoms with E-state index >= 15 is 0 Å². The molecule has 30 heavy (non-hydrogen) atoms. The fourth-order valence-corrected chi connectivity index (χ4v) is 3.13. The number of nitrogen functional groups attached to an aromatic ring is 1. The molecule has 0 aliphatic heterocycles. The van der Waals surface area contributed by atoms with Gasteiger partial charge in [-0.1, -0.05) is 13.0 Å². The predicted molar refractivity (Wildman–Crippen MR) is 121 cm³/mol. The molecule has 0 spiro atoms. The van der Waals surface area contributed by atoms with Crippen LogP contribution in [0.15, 0.2) is 48.5 Å². The second kappa shape index (κ2) is 9.73. The Bertz CT molecular complexity index is 1000. The van der Waals surface area contributed by atoms with Gasteiger partial charge in [0.15, 0.2) is 12.1 Å². The maximum Gasteiger partial charge on any atom is 0.243 e. The number of carbonyl (C=O) groups is 1.